The summed E-state index contributed by atoms with van der Waals surface area (Å²) in [5.41, 5.74) is 15.2. The molecule has 1 aliphatic rings. The minimum absolute atomic E-state index is 0.0468. The van der Waals surface area contributed by atoms with Crippen LogP contribution in [0.1, 0.15) is 17.2 Å². The van der Waals surface area contributed by atoms with Crippen molar-refractivity contribution in [1.82, 2.24) is 19.7 Å². The van der Waals surface area contributed by atoms with Crippen molar-refractivity contribution in [2.45, 2.75) is 18.9 Å². The highest BCUT2D eigenvalue weighted by molar-refractivity contribution is 5.98. The van der Waals surface area contributed by atoms with E-state index in [0.717, 1.165) is 18.9 Å². The summed E-state index contributed by atoms with van der Waals surface area (Å²) < 4.78 is 29.4. The van der Waals surface area contributed by atoms with E-state index in [0.29, 0.717) is 22.3 Å². The zero-order valence-electron chi connectivity index (χ0n) is 14.7. The summed E-state index contributed by atoms with van der Waals surface area (Å²) in [5.74, 6) is -1.89. The van der Waals surface area contributed by atoms with Gasteiger partial charge in [-0.25, -0.2) is 23.4 Å². The molecule has 0 radical (unpaired) electrons. The van der Waals surface area contributed by atoms with E-state index in [2.05, 4.69) is 27.2 Å². The molecule has 0 spiro atoms. The molecule has 0 unspecified atom stereocenters. The molecular weight excluding hydrogens is 362 g/mol. The lowest BCUT2D eigenvalue weighted by atomic mass is 10.1. The Hall–Kier alpha value is -3.55. The van der Waals surface area contributed by atoms with Gasteiger partial charge >= 0.3 is 0 Å². The van der Waals surface area contributed by atoms with Crippen LogP contribution in [-0.2, 0) is 12.8 Å². The highest BCUT2D eigenvalue weighted by Crippen LogP contribution is 2.37. The van der Waals surface area contributed by atoms with Crippen LogP contribution >= 0.6 is 0 Å². The maximum Gasteiger partial charge on any atom is 0.181 e. The quantitative estimate of drug-likeness (QED) is 0.522. The molecule has 0 bridgehead atoms. The van der Waals surface area contributed by atoms with Crippen LogP contribution in [0.2, 0.25) is 0 Å². The molecule has 28 heavy (non-hydrogen) atoms. The first-order valence-electron chi connectivity index (χ1n) is 8.83. The van der Waals surface area contributed by atoms with Crippen molar-refractivity contribution in [2.24, 2.45) is 0 Å². The van der Waals surface area contributed by atoms with Gasteiger partial charge in [0.15, 0.2) is 17.3 Å². The molecule has 140 valence electrons. The van der Waals surface area contributed by atoms with Crippen LogP contribution in [0.5, 0.6) is 0 Å². The Kier molecular flexibility index (Phi) is 3.55. The van der Waals surface area contributed by atoms with Crippen molar-refractivity contribution in [3.8, 4) is 11.3 Å². The normalized spacial score (nSPS) is 13.9. The lowest BCUT2D eigenvalue weighted by Gasteiger charge is -2.10. The van der Waals surface area contributed by atoms with E-state index in [4.69, 9.17) is 11.5 Å². The number of nitrogens with zero attached hydrogens (tertiary/aromatic N) is 4. The third-order valence-corrected chi connectivity index (χ3v) is 5.22. The first kappa shape index (κ1) is 16.6. The molecule has 0 saturated heterocycles. The molecule has 0 amide bonds. The molecular formula is C20H16F2N6. The summed E-state index contributed by atoms with van der Waals surface area (Å²) in [5, 5.41) is 5.19. The van der Waals surface area contributed by atoms with Gasteiger partial charge in [-0.15, -0.1) is 0 Å². The average Bonchev–Trinajstić information content (AvgIpc) is 3.27. The van der Waals surface area contributed by atoms with E-state index in [1.54, 1.807) is 4.68 Å². The van der Waals surface area contributed by atoms with Crippen LogP contribution in [0, 0.1) is 11.6 Å². The molecule has 4 N–H and O–H groups in total. The van der Waals surface area contributed by atoms with Crippen molar-refractivity contribution in [3.63, 3.8) is 0 Å². The van der Waals surface area contributed by atoms with Crippen molar-refractivity contribution in [3.05, 3.63) is 65.5 Å². The van der Waals surface area contributed by atoms with Gasteiger partial charge in [-0.2, -0.15) is 5.10 Å². The van der Waals surface area contributed by atoms with Gasteiger partial charge in [0.05, 0.1) is 17.1 Å². The molecule has 5 rings (SSSR count). The Balaban J connectivity index is 1.70. The third kappa shape index (κ3) is 2.41. The highest BCUT2D eigenvalue weighted by atomic mass is 19.2. The summed E-state index contributed by atoms with van der Waals surface area (Å²) in [4.78, 5) is 8.42. The Bertz CT molecular complexity index is 1180. The predicted octanol–water partition coefficient (Wildman–Crippen LogP) is 3.28. The summed E-state index contributed by atoms with van der Waals surface area (Å²) in [6.45, 7) is 0. The smallest absolute Gasteiger partial charge is 0.181 e. The number of benzene rings is 2. The van der Waals surface area contributed by atoms with Gasteiger partial charge in [-0.3, -0.25) is 0 Å². The van der Waals surface area contributed by atoms with Gasteiger partial charge in [-0.05, 0) is 36.1 Å². The van der Waals surface area contributed by atoms with E-state index in [1.165, 1.54) is 23.5 Å². The number of aromatic nitrogens is 4. The molecule has 0 saturated carbocycles. The largest absolute Gasteiger partial charge is 0.396 e. The number of rotatable bonds is 2. The molecule has 6 nitrogen and oxygen atoms in total. The monoisotopic (exact) mass is 378 g/mol. The number of fused-ring (bicyclic) bond motifs is 2. The van der Waals surface area contributed by atoms with Crippen molar-refractivity contribution < 1.29 is 8.78 Å². The van der Waals surface area contributed by atoms with Gasteiger partial charge in [-0.1, -0.05) is 24.3 Å². The maximum atomic E-state index is 14.0. The summed E-state index contributed by atoms with van der Waals surface area (Å²) in [6, 6.07) is 10.7. The minimum Gasteiger partial charge on any atom is -0.396 e. The van der Waals surface area contributed by atoms with Crippen molar-refractivity contribution >= 4 is 22.5 Å². The van der Waals surface area contributed by atoms with Crippen molar-refractivity contribution in [1.29, 1.82) is 0 Å². The topological polar surface area (TPSA) is 95.6 Å². The third-order valence-electron chi connectivity index (χ3n) is 5.22. The summed E-state index contributed by atoms with van der Waals surface area (Å²) >= 11 is 0. The first-order valence-corrected chi connectivity index (χ1v) is 8.83. The lowest BCUT2D eigenvalue weighted by Crippen LogP contribution is -2.11. The fourth-order valence-corrected chi connectivity index (χ4v) is 3.91. The Labute approximate surface area is 158 Å². The van der Waals surface area contributed by atoms with Gasteiger partial charge in [0.2, 0.25) is 0 Å². The number of halogens is 2. The van der Waals surface area contributed by atoms with Gasteiger partial charge in [0.25, 0.3) is 0 Å². The maximum absolute atomic E-state index is 14.0. The van der Waals surface area contributed by atoms with E-state index >= 15 is 0 Å². The number of nitrogen functional groups attached to an aromatic ring is 2. The van der Waals surface area contributed by atoms with E-state index in [1.807, 2.05) is 12.1 Å². The second kappa shape index (κ2) is 5.98. The number of hydrogen-bond donors (Lipinski definition) is 2. The molecule has 0 atom stereocenters. The zero-order chi connectivity index (χ0) is 19.4. The van der Waals surface area contributed by atoms with E-state index < -0.39 is 11.6 Å². The van der Waals surface area contributed by atoms with E-state index in [-0.39, 0.29) is 17.5 Å². The first-order chi connectivity index (χ1) is 13.5. The molecule has 8 heteroatoms. The second-order valence-corrected chi connectivity index (χ2v) is 6.94. The molecule has 0 fully saturated rings. The van der Waals surface area contributed by atoms with Crippen LogP contribution < -0.4 is 11.5 Å². The van der Waals surface area contributed by atoms with Gasteiger partial charge in [0, 0.05) is 5.56 Å². The lowest BCUT2D eigenvalue weighted by molar-refractivity contribution is 0.488. The van der Waals surface area contributed by atoms with Gasteiger partial charge in [0.1, 0.15) is 17.8 Å². The molecule has 1 aliphatic carbocycles. The Morgan fingerprint density at radius 2 is 1.71 bits per heavy atom. The fraction of sp³-hybridized carbons (Fsp3) is 0.150. The SMILES string of the molecule is Nc1cc(-c2nn(C3Cc4ccccc4C3)c3ncnc(N)c23)cc(F)c1F. The van der Waals surface area contributed by atoms with Gasteiger partial charge < -0.3 is 11.5 Å². The average molecular weight is 378 g/mol. The summed E-state index contributed by atoms with van der Waals surface area (Å²) in [7, 11) is 0. The van der Waals surface area contributed by atoms with Crippen LogP contribution in [-0.4, -0.2) is 19.7 Å². The Morgan fingerprint density at radius 3 is 2.39 bits per heavy atom. The van der Waals surface area contributed by atoms with Crippen LogP contribution in [0.25, 0.3) is 22.3 Å². The van der Waals surface area contributed by atoms with Crippen LogP contribution in [0.4, 0.5) is 20.3 Å². The molecule has 0 aliphatic heterocycles. The molecule has 4 aromatic rings. The second-order valence-electron chi connectivity index (χ2n) is 6.94. The highest BCUT2D eigenvalue weighted by Gasteiger charge is 2.28. The predicted molar refractivity (Wildman–Crippen MR) is 102 cm³/mol. The zero-order valence-corrected chi connectivity index (χ0v) is 14.7. The molecule has 2 aromatic carbocycles. The summed E-state index contributed by atoms with van der Waals surface area (Å²) in [6.07, 6.45) is 2.98. The molecule has 2 heterocycles. The van der Waals surface area contributed by atoms with Crippen LogP contribution in [0.3, 0.4) is 0 Å². The van der Waals surface area contributed by atoms with E-state index in [9.17, 15) is 8.78 Å². The minimum atomic E-state index is -1.08. The van der Waals surface area contributed by atoms with Crippen molar-refractivity contribution in [2.75, 3.05) is 11.5 Å². The number of hydrogen-bond acceptors (Lipinski definition) is 5. The molecule has 2 aromatic heterocycles. The number of anilines is 2. The standard InChI is InChI=1S/C20H16F2N6/c21-14-7-12(8-15(23)17(14)22)18-16-19(24)25-9-26-20(16)28(27-18)13-5-10-3-1-2-4-11(10)6-13/h1-4,7-9,13H,5-6,23H2,(H2,24,25,26). The Morgan fingerprint density at radius 1 is 1.00 bits per heavy atom. The van der Waals surface area contributed by atoms with Crippen LogP contribution in [0.15, 0.2) is 42.7 Å². The fourth-order valence-electron chi connectivity index (χ4n) is 3.91. The number of nitrogens with two attached hydrogens (primary N) is 2.